The van der Waals surface area contributed by atoms with E-state index in [1.54, 1.807) is 22.3 Å². The summed E-state index contributed by atoms with van der Waals surface area (Å²) in [7, 11) is 1.82. The zero-order valence-electron chi connectivity index (χ0n) is 11.5. The molecule has 0 bridgehead atoms. The first-order valence-corrected chi connectivity index (χ1v) is 9.17. The summed E-state index contributed by atoms with van der Waals surface area (Å²) < 4.78 is 13.7. The molecule has 2 aromatic rings. The van der Waals surface area contributed by atoms with E-state index in [-0.39, 0.29) is 11.7 Å². The van der Waals surface area contributed by atoms with Gasteiger partial charge in [0.25, 0.3) is 0 Å². The Morgan fingerprint density at radius 3 is 2.90 bits per heavy atom. The predicted octanol–water partition coefficient (Wildman–Crippen LogP) is 4.54. The van der Waals surface area contributed by atoms with Gasteiger partial charge in [-0.15, -0.1) is 23.1 Å². The molecule has 0 N–H and O–H groups in total. The SMILES string of the molecule is CN(Cc1cccs1)C(=O)CSCc1ccc(F)cc1Br. The number of carbonyl (C=O) groups excluding carboxylic acids is 1. The predicted molar refractivity (Wildman–Crippen MR) is 91.1 cm³/mol. The van der Waals surface area contributed by atoms with E-state index >= 15 is 0 Å². The molecule has 1 heterocycles. The van der Waals surface area contributed by atoms with E-state index in [0.717, 1.165) is 10.0 Å². The van der Waals surface area contributed by atoms with Gasteiger partial charge in [0.1, 0.15) is 5.82 Å². The summed E-state index contributed by atoms with van der Waals surface area (Å²) >= 11 is 6.52. The fourth-order valence-corrected chi connectivity index (χ4v) is 4.12. The van der Waals surface area contributed by atoms with Crippen LogP contribution in [-0.2, 0) is 17.1 Å². The maximum atomic E-state index is 13.0. The van der Waals surface area contributed by atoms with Crippen molar-refractivity contribution in [2.45, 2.75) is 12.3 Å². The molecular weight excluding hydrogens is 373 g/mol. The number of thiophene rings is 1. The Hall–Kier alpha value is -0.850. The van der Waals surface area contributed by atoms with Crippen LogP contribution in [-0.4, -0.2) is 23.6 Å². The van der Waals surface area contributed by atoms with Crippen LogP contribution in [0.15, 0.2) is 40.2 Å². The molecule has 112 valence electrons. The van der Waals surface area contributed by atoms with Gasteiger partial charge in [0, 0.05) is 22.2 Å². The highest BCUT2D eigenvalue weighted by molar-refractivity contribution is 9.10. The van der Waals surface area contributed by atoms with Crippen molar-refractivity contribution in [1.82, 2.24) is 4.90 Å². The molecule has 0 unspecified atom stereocenters. The summed E-state index contributed by atoms with van der Waals surface area (Å²) in [5.74, 6) is 0.944. The molecule has 1 aromatic heterocycles. The zero-order valence-corrected chi connectivity index (χ0v) is 14.7. The first-order valence-electron chi connectivity index (χ1n) is 6.34. The van der Waals surface area contributed by atoms with Crippen LogP contribution in [0.2, 0.25) is 0 Å². The summed E-state index contributed by atoms with van der Waals surface area (Å²) in [5.41, 5.74) is 0.995. The lowest BCUT2D eigenvalue weighted by Crippen LogP contribution is -2.27. The molecular formula is C15H15BrFNOS2. The Morgan fingerprint density at radius 1 is 1.43 bits per heavy atom. The highest BCUT2D eigenvalue weighted by Gasteiger charge is 2.10. The van der Waals surface area contributed by atoms with Crippen LogP contribution in [0.5, 0.6) is 0 Å². The van der Waals surface area contributed by atoms with E-state index in [0.29, 0.717) is 18.1 Å². The van der Waals surface area contributed by atoms with Crippen LogP contribution in [0.1, 0.15) is 10.4 Å². The van der Waals surface area contributed by atoms with Crippen LogP contribution < -0.4 is 0 Å². The highest BCUT2D eigenvalue weighted by atomic mass is 79.9. The number of nitrogens with zero attached hydrogens (tertiary/aromatic N) is 1. The average molecular weight is 388 g/mol. The Labute approximate surface area is 140 Å². The van der Waals surface area contributed by atoms with Crippen molar-refractivity contribution in [1.29, 1.82) is 0 Å². The van der Waals surface area contributed by atoms with Gasteiger partial charge in [-0.1, -0.05) is 28.1 Å². The molecule has 0 atom stereocenters. The largest absolute Gasteiger partial charge is 0.340 e. The molecule has 1 aromatic carbocycles. The van der Waals surface area contributed by atoms with Crippen molar-refractivity contribution in [2.24, 2.45) is 0 Å². The highest BCUT2D eigenvalue weighted by Crippen LogP contribution is 2.23. The Balaban J connectivity index is 1.78. The minimum absolute atomic E-state index is 0.103. The van der Waals surface area contributed by atoms with Crippen molar-refractivity contribution >= 4 is 44.9 Å². The second kappa shape index (κ2) is 7.96. The maximum Gasteiger partial charge on any atom is 0.232 e. The van der Waals surface area contributed by atoms with E-state index in [1.807, 2.05) is 24.6 Å². The van der Waals surface area contributed by atoms with Gasteiger partial charge in [0.2, 0.25) is 5.91 Å². The molecule has 0 saturated carbocycles. The Morgan fingerprint density at radius 2 is 2.24 bits per heavy atom. The molecule has 0 radical (unpaired) electrons. The van der Waals surface area contributed by atoms with Crippen molar-refractivity contribution in [3.8, 4) is 0 Å². The van der Waals surface area contributed by atoms with Gasteiger partial charge >= 0.3 is 0 Å². The van der Waals surface area contributed by atoms with E-state index in [4.69, 9.17) is 0 Å². The molecule has 0 aliphatic carbocycles. The van der Waals surface area contributed by atoms with Gasteiger partial charge < -0.3 is 4.90 Å². The van der Waals surface area contributed by atoms with Crippen LogP contribution >= 0.6 is 39.0 Å². The topological polar surface area (TPSA) is 20.3 Å². The number of carbonyl (C=O) groups is 1. The number of hydrogen-bond donors (Lipinski definition) is 0. The number of benzene rings is 1. The van der Waals surface area contributed by atoms with Gasteiger partial charge in [-0.3, -0.25) is 4.79 Å². The van der Waals surface area contributed by atoms with E-state index < -0.39 is 0 Å². The minimum Gasteiger partial charge on any atom is -0.340 e. The summed E-state index contributed by atoms with van der Waals surface area (Å²) in [6.45, 7) is 0.650. The number of halogens is 2. The van der Waals surface area contributed by atoms with E-state index in [9.17, 15) is 9.18 Å². The molecule has 0 aliphatic heterocycles. The molecule has 1 amide bonds. The first kappa shape index (κ1) is 16.5. The molecule has 0 spiro atoms. The maximum absolute atomic E-state index is 13.0. The fraction of sp³-hybridized carbons (Fsp3) is 0.267. The summed E-state index contributed by atoms with van der Waals surface area (Å²) in [6, 6.07) is 8.63. The fourth-order valence-electron chi connectivity index (χ4n) is 1.72. The molecule has 0 fully saturated rings. The number of amides is 1. The lowest BCUT2D eigenvalue weighted by molar-refractivity contribution is -0.127. The van der Waals surface area contributed by atoms with Crippen LogP contribution in [0.4, 0.5) is 4.39 Å². The second-order valence-electron chi connectivity index (χ2n) is 4.56. The monoisotopic (exact) mass is 387 g/mol. The third kappa shape index (κ3) is 5.13. The van der Waals surface area contributed by atoms with Gasteiger partial charge in [0.05, 0.1) is 12.3 Å². The lowest BCUT2D eigenvalue weighted by Gasteiger charge is -2.16. The third-order valence-corrected chi connectivity index (χ3v) is 5.46. The van der Waals surface area contributed by atoms with Crippen molar-refractivity contribution < 1.29 is 9.18 Å². The molecule has 21 heavy (non-hydrogen) atoms. The van der Waals surface area contributed by atoms with Crippen LogP contribution in [0, 0.1) is 5.82 Å². The molecule has 6 heteroatoms. The quantitative estimate of drug-likeness (QED) is 0.724. The lowest BCUT2D eigenvalue weighted by atomic mass is 10.2. The average Bonchev–Trinajstić information content (AvgIpc) is 2.94. The first-order chi connectivity index (χ1) is 10.1. The molecule has 0 saturated heterocycles. The standard InChI is InChI=1S/C15H15BrFNOS2/c1-18(8-13-3-2-6-21-13)15(19)10-20-9-11-4-5-12(17)7-14(11)16/h2-7H,8-10H2,1H3. The molecule has 2 rings (SSSR count). The summed E-state index contributed by atoms with van der Waals surface area (Å²) in [4.78, 5) is 14.9. The van der Waals surface area contributed by atoms with Crippen LogP contribution in [0.25, 0.3) is 0 Å². The van der Waals surface area contributed by atoms with E-state index in [2.05, 4.69) is 15.9 Å². The van der Waals surface area contributed by atoms with Gasteiger partial charge in [0.15, 0.2) is 0 Å². The third-order valence-electron chi connectivity index (χ3n) is 2.90. The van der Waals surface area contributed by atoms with Crippen molar-refractivity contribution in [3.05, 3.63) is 56.4 Å². The van der Waals surface area contributed by atoms with Gasteiger partial charge in [-0.2, -0.15) is 0 Å². The molecule has 0 aliphatic rings. The van der Waals surface area contributed by atoms with Gasteiger partial charge in [-0.25, -0.2) is 4.39 Å². The van der Waals surface area contributed by atoms with Crippen molar-refractivity contribution in [2.75, 3.05) is 12.8 Å². The second-order valence-corrected chi connectivity index (χ2v) is 7.43. The summed E-state index contributed by atoms with van der Waals surface area (Å²) in [5, 5.41) is 2.01. The molecule has 2 nitrogen and oxygen atoms in total. The number of hydrogen-bond acceptors (Lipinski definition) is 3. The number of thioether (sulfide) groups is 1. The van der Waals surface area contributed by atoms with Crippen molar-refractivity contribution in [3.63, 3.8) is 0 Å². The number of rotatable bonds is 6. The zero-order chi connectivity index (χ0) is 15.2. The Bertz CT molecular complexity index is 604. The van der Waals surface area contributed by atoms with E-state index in [1.165, 1.54) is 28.8 Å². The normalized spacial score (nSPS) is 10.6. The smallest absolute Gasteiger partial charge is 0.232 e. The summed E-state index contributed by atoms with van der Waals surface area (Å²) in [6.07, 6.45) is 0. The van der Waals surface area contributed by atoms with Gasteiger partial charge in [-0.05, 0) is 29.1 Å². The Kier molecular flexibility index (Phi) is 6.26. The minimum atomic E-state index is -0.262. The van der Waals surface area contributed by atoms with Crippen LogP contribution in [0.3, 0.4) is 0 Å².